The predicted octanol–water partition coefficient (Wildman–Crippen LogP) is 0.0773. The Morgan fingerprint density at radius 1 is 1.38 bits per heavy atom. The maximum absolute atomic E-state index is 9.58. The Labute approximate surface area is 121 Å². The van der Waals surface area contributed by atoms with E-state index in [0.717, 1.165) is 0 Å². The number of hydrogen-bond acceptors (Lipinski definition) is 7. The molecule has 1 aliphatic rings. The molecule has 1 saturated heterocycles. The van der Waals surface area contributed by atoms with E-state index in [1.165, 1.54) is 4.68 Å². The van der Waals surface area contributed by atoms with Crippen molar-refractivity contribution in [1.82, 2.24) is 20.0 Å². The minimum atomic E-state index is -0.286. The van der Waals surface area contributed by atoms with Crippen LogP contribution in [-0.2, 0) is 0 Å². The number of aromatic nitrogens is 4. The second-order valence-electron chi connectivity index (χ2n) is 4.91. The predicted molar refractivity (Wildman–Crippen MR) is 75.7 cm³/mol. The van der Waals surface area contributed by atoms with Crippen molar-refractivity contribution in [3.63, 3.8) is 0 Å². The number of rotatable bonds is 2. The fraction of sp³-hybridized carbons (Fsp3) is 0.385. The number of hydrogen-bond donors (Lipinski definition) is 2. The number of nitrogen functional groups attached to an aromatic ring is 1. The van der Waals surface area contributed by atoms with Crippen molar-refractivity contribution >= 4 is 11.6 Å². The van der Waals surface area contributed by atoms with Gasteiger partial charge in [-0.2, -0.15) is 15.0 Å². The van der Waals surface area contributed by atoms with Gasteiger partial charge in [0.05, 0.1) is 6.10 Å². The van der Waals surface area contributed by atoms with E-state index >= 15 is 0 Å². The Kier molecular flexibility index (Phi) is 3.41. The van der Waals surface area contributed by atoms with Gasteiger partial charge in [0, 0.05) is 19.3 Å². The van der Waals surface area contributed by atoms with Crippen LogP contribution >= 0.6 is 0 Å². The number of aliphatic hydroxyl groups excluding tert-OH is 1. The lowest BCUT2D eigenvalue weighted by Crippen LogP contribution is -2.36. The normalized spacial score (nSPS) is 15.9. The zero-order chi connectivity index (χ0) is 14.8. The summed E-state index contributed by atoms with van der Waals surface area (Å²) in [4.78, 5) is 1.97. The lowest BCUT2D eigenvalue weighted by Gasteiger charge is -2.29. The molecule has 0 amide bonds. The molecule has 0 bridgehead atoms. The molecule has 0 saturated carbocycles. The second-order valence-corrected chi connectivity index (χ2v) is 4.91. The van der Waals surface area contributed by atoms with Crippen molar-refractivity contribution in [3.8, 4) is 11.9 Å². The zero-order valence-corrected chi connectivity index (χ0v) is 11.3. The molecule has 8 nitrogen and oxygen atoms in total. The highest BCUT2D eigenvalue weighted by Gasteiger charge is 2.25. The largest absolute Gasteiger partial charge is 0.393 e. The van der Waals surface area contributed by atoms with Crippen LogP contribution in [0.1, 0.15) is 18.4 Å². The first-order valence-corrected chi connectivity index (χ1v) is 6.70. The molecule has 1 aliphatic heterocycles. The van der Waals surface area contributed by atoms with Gasteiger partial charge < -0.3 is 15.7 Å². The van der Waals surface area contributed by atoms with E-state index in [1.54, 1.807) is 18.3 Å². The smallest absolute Gasteiger partial charge is 0.178 e. The fourth-order valence-electron chi connectivity index (χ4n) is 2.41. The standard InChI is InChI=1S/C13H15N7O/c14-8-10-12(15)20(11-2-1-5-16-17-11)18-13(10)19-6-3-9(21)4-7-19/h1-2,5,9,21H,3-4,6-7,15H2. The maximum Gasteiger partial charge on any atom is 0.178 e. The van der Waals surface area contributed by atoms with Gasteiger partial charge in [0.2, 0.25) is 0 Å². The molecule has 8 heteroatoms. The fourth-order valence-corrected chi connectivity index (χ4v) is 2.41. The average Bonchev–Trinajstić information content (AvgIpc) is 2.85. The van der Waals surface area contributed by atoms with Crippen LogP contribution in [0.25, 0.3) is 5.82 Å². The van der Waals surface area contributed by atoms with E-state index < -0.39 is 0 Å². The van der Waals surface area contributed by atoms with Crippen molar-refractivity contribution in [1.29, 1.82) is 5.26 Å². The highest BCUT2D eigenvalue weighted by Crippen LogP contribution is 2.28. The minimum Gasteiger partial charge on any atom is -0.393 e. The van der Waals surface area contributed by atoms with Gasteiger partial charge in [0.25, 0.3) is 0 Å². The topological polar surface area (TPSA) is 117 Å². The van der Waals surface area contributed by atoms with Crippen molar-refractivity contribution in [2.24, 2.45) is 0 Å². The van der Waals surface area contributed by atoms with E-state index in [9.17, 15) is 10.4 Å². The lowest BCUT2D eigenvalue weighted by atomic mass is 10.1. The van der Waals surface area contributed by atoms with Crippen LogP contribution in [-0.4, -0.2) is 44.3 Å². The van der Waals surface area contributed by atoms with Crippen LogP contribution in [0.2, 0.25) is 0 Å². The Morgan fingerprint density at radius 3 is 2.76 bits per heavy atom. The van der Waals surface area contributed by atoms with Crippen molar-refractivity contribution < 1.29 is 5.11 Å². The van der Waals surface area contributed by atoms with E-state index in [4.69, 9.17) is 5.73 Å². The van der Waals surface area contributed by atoms with Gasteiger partial charge in [0.15, 0.2) is 11.6 Å². The monoisotopic (exact) mass is 285 g/mol. The van der Waals surface area contributed by atoms with Gasteiger partial charge in [-0.25, -0.2) is 0 Å². The first kappa shape index (κ1) is 13.3. The molecule has 1 fully saturated rings. The molecule has 0 spiro atoms. The average molecular weight is 285 g/mol. The summed E-state index contributed by atoms with van der Waals surface area (Å²) in [7, 11) is 0. The van der Waals surface area contributed by atoms with Crippen LogP contribution in [0.4, 0.5) is 11.6 Å². The van der Waals surface area contributed by atoms with Crippen molar-refractivity contribution in [2.75, 3.05) is 23.7 Å². The van der Waals surface area contributed by atoms with Crippen LogP contribution < -0.4 is 10.6 Å². The summed E-state index contributed by atoms with van der Waals surface area (Å²) in [6, 6.07) is 5.55. The molecule has 0 aromatic carbocycles. The molecule has 21 heavy (non-hydrogen) atoms. The first-order valence-electron chi connectivity index (χ1n) is 6.70. The molecule has 3 rings (SSSR count). The Morgan fingerprint density at radius 2 is 2.14 bits per heavy atom. The maximum atomic E-state index is 9.58. The van der Waals surface area contributed by atoms with Crippen LogP contribution in [0, 0.1) is 11.3 Å². The third kappa shape index (κ3) is 2.39. The molecule has 2 aromatic rings. The quantitative estimate of drug-likeness (QED) is 0.802. The molecular weight excluding hydrogens is 270 g/mol. The molecule has 108 valence electrons. The summed E-state index contributed by atoms with van der Waals surface area (Å²) < 4.78 is 1.42. The van der Waals surface area contributed by atoms with Crippen molar-refractivity contribution in [3.05, 3.63) is 23.9 Å². The van der Waals surface area contributed by atoms with Crippen LogP contribution in [0.5, 0.6) is 0 Å². The number of nitrogens with two attached hydrogens (primary N) is 1. The number of anilines is 2. The van der Waals surface area contributed by atoms with E-state index in [1.807, 2.05) is 4.90 Å². The highest BCUT2D eigenvalue weighted by atomic mass is 16.3. The Balaban J connectivity index is 2.00. The van der Waals surface area contributed by atoms with Gasteiger partial charge in [-0.05, 0) is 25.0 Å². The van der Waals surface area contributed by atoms with Crippen molar-refractivity contribution in [2.45, 2.75) is 18.9 Å². The molecule has 3 heterocycles. The number of nitrogens with zero attached hydrogens (tertiary/aromatic N) is 6. The van der Waals surface area contributed by atoms with Crippen LogP contribution in [0.3, 0.4) is 0 Å². The van der Waals surface area contributed by atoms with E-state index in [0.29, 0.717) is 43.1 Å². The summed E-state index contributed by atoms with van der Waals surface area (Å²) >= 11 is 0. The Bertz CT molecular complexity index is 668. The van der Waals surface area contributed by atoms with Crippen LogP contribution in [0.15, 0.2) is 18.3 Å². The van der Waals surface area contributed by atoms with Gasteiger partial charge in [-0.1, -0.05) is 0 Å². The summed E-state index contributed by atoms with van der Waals surface area (Å²) in [5, 5.41) is 31.1. The second kappa shape index (κ2) is 5.38. The number of piperidine rings is 1. The van der Waals surface area contributed by atoms with Gasteiger partial charge in [-0.3, -0.25) is 0 Å². The zero-order valence-electron chi connectivity index (χ0n) is 11.3. The molecule has 0 radical (unpaired) electrons. The molecule has 3 N–H and O–H groups in total. The Hall–Kier alpha value is -2.66. The summed E-state index contributed by atoms with van der Waals surface area (Å²) in [6.45, 7) is 1.29. The number of aliphatic hydroxyl groups is 1. The summed E-state index contributed by atoms with van der Waals surface area (Å²) in [6.07, 6.45) is 2.58. The summed E-state index contributed by atoms with van der Waals surface area (Å²) in [5.74, 6) is 1.25. The van der Waals surface area contributed by atoms with Gasteiger partial charge in [-0.15, -0.1) is 10.2 Å². The molecule has 0 atom stereocenters. The lowest BCUT2D eigenvalue weighted by molar-refractivity contribution is 0.145. The van der Waals surface area contributed by atoms with E-state index in [2.05, 4.69) is 21.4 Å². The SMILES string of the molecule is N#Cc1c(N2CCC(O)CC2)nn(-c2cccnn2)c1N. The molecule has 0 unspecified atom stereocenters. The first-order chi connectivity index (χ1) is 10.2. The van der Waals surface area contributed by atoms with Gasteiger partial charge in [0.1, 0.15) is 17.5 Å². The third-order valence-corrected chi connectivity index (χ3v) is 3.55. The molecule has 2 aromatic heterocycles. The van der Waals surface area contributed by atoms with E-state index in [-0.39, 0.29) is 11.9 Å². The minimum absolute atomic E-state index is 0.249. The van der Waals surface area contributed by atoms with Gasteiger partial charge >= 0.3 is 0 Å². The third-order valence-electron chi connectivity index (χ3n) is 3.55. The molecule has 0 aliphatic carbocycles. The number of nitriles is 1. The summed E-state index contributed by atoms with van der Waals surface area (Å²) in [5.41, 5.74) is 6.35. The molecular formula is C13H15N7O. The highest BCUT2D eigenvalue weighted by molar-refractivity contribution is 5.66.